The van der Waals surface area contributed by atoms with Crippen molar-refractivity contribution >= 4 is 11.8 Å². The summed E-state index contributed by atoms with van der Waals surface area (Å²) in [4.78, 5) is 14.4. The molecule has 0 bridgehead atoms. The predicted octanol–water partition coefficient (Wildman–Crippen LogP) is 4.71. The lowest BCUT2D eigenvalue weighted by Crippen LogP contribution is -2.48. The molecular formula is C22H31N3O4. The van der Waals surface area contributed by atoms with Gasteiger partial charge in [0.15, 0.2) is 0 Å². The molecule has 1 fully saturated rings. The van der Waals surface area contributed by atoms with E-state index in [0.717, 1.165) is 36.1 Å². The number of aromatic nitrogens is 1. The van der Waals surface area contributed by atoms with Crippen molar-refractivity contribution in [2.45, 2.75) is 65.5 Å². The van der Waals surface area contributed by atoms with Gasteiger partial charge in [-0.2, -0.15) is 0 Å². The smallest absolute Gasteiger partial charge is 0.410 e. The van der Waals surface area contributed by atoms with Crippen LogP contribution in [0.25, 0.3) is 11.1 Å². The van der Waals surface area contributed by atoms with Crippen molar-refractivity contribution in [2.24, 2.45) is 0 Å². The Morgan fingerprint density at radius 2 is 2.07 bits per heavy atom. The average Bonchev–Trinajstić information content (AvgIpc) is 2.97. The Kier molecular flexibility index (Phi) is 6.05. The number of amides is 1. The molecule has 1 amide bonds. The normalized spacial score (nSPS) is 17.3. The summed E-state index contributed by atoms with van der Waals surface area (Å²) in [6.45, 7) is 10.5. The van der Waals surface area contributed by atoms with Crippen LogP contribution in [0, 0.1) is 13.8 Å². The number of carbonyl (C=O) groups excluding carboxylic acids is 1. The minimum absolute atomic E-state index is 0.0336. The number of hydrogen-bond acceptors (Lipinski definition) is 6. The third-order valence-electron chi connectivity index (χ3n) is 4.99. The lowest BCUT2D eigenvalue weighted by Gasteiger charge is -2.36. The summed E-state index contributed by atoms with van der Waals surface area (Å²) in [5.74, 6) is 1.41. The van der Waals surface area contributed by atoms with Gasteiger partial charge in [0.2, 0.25) is 0 Å². The van der Waals surface area contributed by atoms with Gasteiger partial charge in [0, 0.05) is 17.8 Å². The number of ether oxygens (including phenoxy) is 2. The first-order valence-corrected chi connectivity index (χ1v) is 10.1. The largest absolute Gasteiger partial charge is 0.491 e. The number of nitrogen functional groups attached to an aromatic ring is 1. The lowest BCUT2D eigenvalue weighted by molar-refractivity contribution is 0.00365. The van der Waals surface area contributed by atoms with E-state index >= 15 is 0 Å². The van der Waals surface area contributed by atoms with E-state index in [-0.39, 0.29) is 12.1 Å². The van der Waals surface area contributed by atoms with Crippen LogP contribution in [0.15, 0.2) is 22.7 Å². The third-order valence-corrected chi connectivity index (χ3v) is 4.99. The molecule has 0 aliphatic carbocycles. The number of likely N-dealkylation sites (tertiary alicyclic amines) is 1. The summed E-state index contributed by atoms with van der Waals surface area (Å²) in [5, 5.41) is 4.04. The summed E-state index contributed by atoms with van der Waals surface area (Å²) in [5.41, 5.74) is 8.66. The van der Waals surface area contributed by atoms with Gasteiger partial charge < -0.3 is 24.6 Å². The van der Waals surface area contributed by atoms with Crippen LogP contribution < -0.4 is 10.5 Å². The number of aryl methyl sites for hydroxylation is 2. The average molecular weight is 402 g/mol. The molecule has 0 unspecified atom stereocenters. The minimum Gasteiger partial charge on any atom is -0.491 e. The molecule has 0 spiro atoms. The zero-order chi connectivity index (χ0) is 21.2. The van der Waals surface area contributed by atoms with Crippen LogP contribution in [0.5, 0.6) is 5.75 Å². The van der Waals surface area contributed by atoms with Crippen LogP contribution in [0.2, 0.25) is 0 Å². The first kappa shape index (κ1) is 21.0. The van der Waals surface area contributed by atoms with E-state index in [1.54, 1.807) is 4.90 Å². The van der Waals surface area contributed by atoms with Gasteiger partial charge in [0.05, 0.1) is 17.3 Å². The maximum Gasteiger partial charge on any atom is 0.410 e. The third kappa shape index (κ3) is 5.02. The number of anilines is 1. The maximum absolute atomic E-state index is 12.6. The summed E-state index contributed by atoms with van der Waals surface area (Å²) >= 11 is 0. The molecule has 158 valence electrons. The highest BCUT2D eigenvalue weighted by Gasteiger charge is 2.31. The second-order valence-corrected chi connectivity index (χ2v) is 8.59. The molecule has 7 nitrogen and oxygen atoms in total. The van der Waals surface area contributed by atoms with Crippen molar-refractivity contribution < 1.29 is 18.8 Å². The highest BCUT2D eigenvalue weighted by molar-refractivity contribution is 5.76. The van der Waals surface area contributed by atoms with Gasteiger partial charge in [0.25, 0.3) is 0 Å². The highest BCUT2D eigenvalue weighted by Crippen LogP contribution is 2.36. The second-order valence-electron chi connectivity index (χ2n) is 8.59. The van der Waals surface area contributed by atoms with Crippen molar-refractivity contribution in [3.05, 3.63) is 29.7 Å². The van der Waals surface area contributed by atoms with Crippen LogP contribution in [-0.4, -0.2) is 40.9 Å². The number of rotatable bonds is 4. The molecule has 29 heavy (non-hydrogen) atoms. The molecular weight excluding hydrogens is 370 g/mol. The Balaban J connectivity index is 1.79. The molecule has 7 heteroatoms. The molecule has 1 aliphatic heterocycles. The van der Waals surface area contributed by atoms with Gasteiger partial charge in [-0.25, -0.2) is 4.79 Å². The van der Waals surface area contributed by atoms with E-state index in [9.17, 15) is 4.79 Å². The van der Waals surface area contributed by atoms with Crippen LogP contribution in [0.1, 0.15) is 51.5 Å². The maximum atomic E-state index is 12.6. The SMILES string of the molecule is Cc1noc(C)c1-c1cc(N)ccc1OC[C@H]1CCCCN1C(=O)OC(C)(C)C. The molecule has 3 rings (SSSR count). The highest BCUT2D eigenvalue weighted by atomic mass is 16.6. The zero-order valence-corrected chi connectivity index (χ0v) is 17.9. The zero-order valence-electron chi connectivity index (χ0n) is 17.9. The van der Waals surface area contributed by atoms with Crippen molar-refractivity contribution in [3.8, 4) is 16.9 Å². The van der Waals surface area contributed by atoms with Crippen LogP contribution in [0.4, 0.5) is 10.5 Å². The quantitative estimate of drug-likeness (QED) is 0.746. The Hall–Kier alpha value is -2.70. The molecule has 1 aliphatic rings. The fourth-order valence-corrected chi connectivity index (χ4v) is 3.66. The lowest BCUT2D eigenvalue weighted by atomic mass is 10.0. The molecule has 1 aromatic carbocycles. The summed E-state index contributed by atoms with van der Waals surface area (Å²) in [7, 11) is 0. The Bertz CT molecular complexity index is 850. The second kappa shape index (κ2) is 8.35. The number of hydrogen-bond donors (Lipinski definition) is 1. The Labute approximate surface area is 172 Å². The van der Waals surface area contributed by atoms with Gasteiger partial charge >= 0.3 is 6.09 Å². The fourth-order valence-electron chi connectivity index (χ4n) is 3.66. The molecule has 2 N–H and O–H groups in total. The van der Waals surface area contributed by atoms with E-state index in [2.05, 4.69) is 5.16 Å². The minimum atomic E-state index is -0.520. The van der Waals surface area contributed by atoms with E-state index in [1.165, 1.54) is 0 Å². The van der Waals surface area contributed by atoms with E-state index in [1.807, 2.05) is 52.8 Å². The number of nitrogens with two attached hydrogens (primary N) is 1. The van der Waals surface area contributed by atoms with Gasteiger partial charge in [-0.05, 0) is 72.1 Å². The molecule has 1 saturated heterocycles. The predicted molar refractivity (Wildman–Crippen MR) is 112 cm³/mol. The van der Waals surface area contributed by atoms with Crippen LogP contribution >= 0.6 is 0 Å². The van der Waals surface area contributed by atoms with Crippen molar-refractivity contribution in [1.82, 2.24) is 10.1 Å². The van der Waals surface area contributed by atoms with E-state index < -0.39 is 5.60 Å². The molecule has 0 saturated carbocycles. The van der Waals surface area contributed by atoms with Gasteiger partial charge in [-0.15, -0.1) is 0 Å². The first-order chi connectivity index (χ1) is 13.7. The van der Waals surface area contributed by atoms with Gasteiger partial charge in [-0.1, -0.05) is 5.16 Å². The molecule has 1 aromatic heterocycles. The number of benzene rings is 1. The summed E-state index contributed by atoms with van der Waals surface area (Å²) < 4.78 is 17.1. The van der Waals surface area contributed by atoms with Crippen molar-refractivity contribution in [1.29, 1.82) is 0 Å². The first-order valence-electron chi connectivity index (χ1n) is 10.1. The Morgan fingerprint density at radius 1 is 1.31 bits per heavy atom. The molecule has 1 atom stereocenters. The van der Waals surface area contributed by atoms with Crippen LogP contribution in [-0.2, 0) is 4.74 Å². The monoisotopic (exact) mass is 401 g/mol. The van der Waals surface area contributed by atoms with E-state index in [0.29, 0.717) is 30.3 Å². The fraction of sp³-hybridized carbons (Fsp3) is 0.545. The number of carbonyl (C=O) groups is 1. The molecule has 0 radical (unpaired) electrons. The standard InChI is InChI=1S/C22H31N3O4/c1-14-20(15(2)29-24-14)18-12-16(23)9-10-19(18)27-13-17-8-6-7-11-25(17)21(26)28-22(3,4)5/h9-10,12,17H,6-8,11,13,23H2,1-5H3/t17-/m1/s1. The van der Waals surface area contributed by atoms with Gasteiger partial charge in [0.1, 0.15) is 23.7 Å². The number of piperidine rings is 1. The van der Waals surface area contributed by atoms with Crippen LogP contribution in [0.3, 0.4) is 0 Å². The number of nitrogens with zero attached hydrogens (tertiary/aromatic N) is 2. The van der Waals surface area contributed by atoms with Crippen molar-refractivity contribution in [2.75, 3.05) is 18.9 Å². The summed E-state index contributed by atoms with van der Waals surface area (Å²) in [6, 6.07) is 5.50. The van der Waals surface area contributed by atoms with Crippen molar-refractivity contribution in [3.63, 3.8) is 0 Å². The Morgan fingerprint density at radius 3 is 2.72 bits per heavy atom. The van der Waals surface area contributed by atoms with Gasteiger partial charge in [-0.3, -0.25) is 0 Å². The molecule has 2 heterocycles. The molecule has 2 aromatic rings. The topological polar surface area (TPSA) is 90.8 Å². The summed E-state index contributed by atoms with van der Waals surface area (Å²) in [6.07, 6.45) is 2.64. The van der Waals surface area contributed by atoms with E-state index in [4.69, 9.17) is 19.7 Å².